The molecule has 2 N–H and O–H groups in total. The molecule has 20 heavy (non-hydrogen) atoms. The number of nitrogens with zero attached hydrogens (tertiary/aromatic N) is 5. The quantitative estimate of drug-likeness (QED) is 0.832. The third-order valence-electron chi connectivity index (χ3n) is 3.05. The number of amides is 1. The Morgan fingerprint density at radius 1 is 1.45 bits per heavy atom. The molecule has 8 heteroatoms. The summed E-state index contributed by atoms with van der Waals surface area (Å²) in [7, 11) is 0. The van der Waals surface area contributed by atoms with Gasteiger partial charge in [0, 0.05) is 23.7 Å². The van der Waals surface area contributed by atoms with Gasteiger partial charge in [0.1, 0.15) is 12.0 Å². The van der Waals surface area contributed by atoms with Crippen molar-refractivity contribution in [1.29, 1.82) is 0 Å². The molecule has 1 fully saturated rings. The predicted octanol–water partition coefficient (Wildman–Crippen LogP) is 0.418. The Hall–Kier alpha value is -2.64. The summed E-state index contributed by atoms with van der Waals surface area (Å²) in [5, 5.41) is 18.8. The predicted molar refractivity (Wildman–Crippen MR) is 67.7 cm³/mol. The fourth-order valence-corrected chi connectivity index (χ4v) is 1.97. The van der Waals surface area contributed by atoms with Gasteiger partial charge in [-0.2, -0.15) is 4.98 Å². The molecule has 3 rings (SSSR count). The minimum Gasteiger partial charge on any atom is -0.492 e. The lowest BCUT2D eigenvalue weighted by Gasteiger charge is -2.02. The van der Waals surface area contributed by atoms with Crippen LogP contribution < -0.4 is 5.32 Å². The number of carbonyl (C=O) groups is 1. The van der Waals surface area contributed by atoms with Crippen molar-refractivity contribution in [2.24, 2.45) is 5.92 Å². The number of nitrogens with one attached hydrogen (secondary N) is 1. The minimum atomic E-state index is -0.287. The number of aromatic hydroxyl groups is 1. The molecule has 8 nitrogen and oxygen atoms in total. The Balaban J connectivity index is 1.66. The number of carbonyl (C=O) groups excluding carboxylic acids is 1. The maximum Gasteiger partial charge on any atom is 0.252 e. The molecule has 0 saturated heterocycles. The van der Waals surface area contributed by atoms with Crippen LogP contribution in [-0.2, 0) is 4.79 Å². The van der Waals surface area contributed by atoms with E-state index in [9.17, 15) is 4.79 Å². The molecule has 0 aromatic carbocycles. The molecule has 1 amide bonds. The fraction of sp³-hybridized carbons (Fsp3) is 0.333. The average molecular weight is 272 g/mol. The van der Waals surface area contributed by atoms with Gasteiger partial charge in [0.25, 0.3) is 5.95 Å². The van der Waals surface area contributed by atoms with Crippen molar-refractivity contribution >= 4 is 11.9 Å². The standard InChI is InChI=1S/C12H12N6O2/c1-6-2-3-13-10(15-6)7-4-8(7)11(20)17-12-16-9(19)5-14-18-12/h2-3,5,7-8H,4H2,1H3,(H2,16,17,18,19,20). The van der Waals surface area contributed by atoms with Gasteiger partial charge in [0.2, 0.25) is 11.8 Å². The van der Waals surface area contributed by atoms with E-state index in [1.807, 2.05) is 13.0 Å². The number of anilines is 1. The van der Waals surface area contributed by atoms with Crippen molar-refractivity contribution in [1.82, 2.24) is 25.1 Å². The summed E-state index contributed by atoms with van der Waals surface area (Å²) in [4.78, 5) is 24.1. The second-order valence-electron chi connectivity index (χ2n) is 4.63. The van der Waals surface area contributed by atoms with Gasteiger partial charge in [-0.15, -0.1) is 10.2 Å². The number of hydrogen-bond acceptors (Lipinski definition) is 7. The van der Waals surface area contributed by atoms with Gasteiger partial charge in [0.15, 0.2) is 0 Å². The van der Waals surface area contributed by atoms with Gasteiger partial charge in [0.05, 0.1) is 0 Å². The lowest BCUT2D eigenvalue weighted by atomic mass is 10.2. The molecule has 0 bridgehead atoms. The molecule has 1 aliphatic carbocycles. The first-order valence-corrected chi connectivity index (χ1v) is 6.12. The molecular formula is C12H12N6O2. The maximum absolute atomic E-state index is 12.0. The van der Waals surface area contributed by atoms with Gasteiger partial charge < -0.3 is 5.11 Å². The van der Waals surface area contributed by atoms with Crippen LogP contribution in [0.4, 0.5) is 5.95 Å². The van der Waals surface area contributed by atoms with E-state index in [1.54, 1.807) is 6.20 Å². The summed E-state index contributed by atoms with van der Waals surface area (Å²) >= 11 is 0. The molecule has 0 spiro atoms. The lowest BCUT2D eigenvalue weighted by molar-refractivity contribution is -0.117. The van der Waals surface area contributed by atoms with E-state index >= 15 is 0 Å². The lowest BCUT2D eigenvalue weighted by Crippen LogP contribution is -2.17. The van der Waals surface area contributed by atoms with Gasteiger partial charge in [-0.05, 0) is 19.4 Å². The second-order valence-corrected chi connectivity index (χ2v) is 4.63. The first-order chi connectivity index (χ1) is 9.63. The largest absolute Gasteiger partial charge is 0.492 e. The van der Waals surface area contributed by atoms with Crippen molar-refractivity contribution in [2.75, 3.05) is 5.32 Å². The van der Waals surface area contributed by atoms with E-state index < -0.39 is 0 Å². The molecule has 2 heterocycles. The van der Waals surface area contributed by atoms with Crippen molar-refractivity contribution in [3.63, 3.8) is 0 Å². The summed E-state index contributed by atoms with van der Waals surface area (Å²) in [5.74, 6) is 0.00556. The van der Waals surface area contributed by atoms with Crippen LogP contribution in [0, 0.1) is 12.8 Å². The van der Waals surface area contributed by atoms with Crippen LogP contribution in [0.1, 0.15) is 23.9 Å². The fourth-order valence-electron chi connectivity index (χ4n) is 1.97. The number of rotatable bonds is 3. The van der Waals surface area contributed by atoms with Gasteiger partial charge in [-0.3, -0.25) is 10.1 Å². The van der Waals surface area contributed by atoms with E-state index in [4.69, 9.17) is 5.11 Å². The van der Waals surface area contributed by atoms with E-state index in [0.29, 0.717) is 12.2 Å². The van der Waals surface area contributed by atoms with Gasteiger partial charge in [-0.25, -0.2) is 9.97 Å². The van der Waals surface area contributed by atoms with E-state index in [2.05, 4.69) is 30.5 Å². The average Bonchev–Trinajstić information content (AvgIpc) is 3.19. The van der Waals surface area contributed by atoms with Crippen LogP contribution in [0.15, 0.2) is 18.5 Å². The zero-order chi connectivity index (χ0) is 14.1. The van der Waals surface area contributed by atoms with Crippen LogP contribution in [-0.4, -0.2) is 36.2 Å². The van der Waals surface area contributed by atoms with Crippen LogP contribution >= 0.6 is 0 Å². The third kappa shape index (κ3) is 2.53. The van der Waals surface area contributed by atoms with E-state index in [-0.39, 0.29) is 29.6 Å². The highest BCUT2D eigenvalue weighted by Gasteiger charge is 2.46. The van der Waals surface area contributed by atoms with Crippen LogP contribution in [0.2, 0.25) is 0 Å². The Kier molecular flexibility index (Phi) is 2.97. The molecule has 0 aliphatic heterocycles. The van der Waals surface area contributed by atoms with E-state index in [1.165, 1.54) is 0 Å². The monoisotopic (exact) mass is 272 g/mol. The number of aryl methyl sites for hydroxylation is 1. The van der Waals surface area contributed by atoms with Crippen molar-refractivity contribution in [3.8, 4) is 5.88 Å². The topological polar surface area (TPSA) is 114 Å². The first-order valence-electron chi connectivity index (χ1n) is 6.12. The third-order valence-corrected chi connectivity index (χ3v) is 3.05. The summed E-state index contributed by atoms with van der Waals surface area (Å²) in [5.41, 5.74) is 0.876. The maximum atomic E-state index is 12.0. The molecule has 2 aromatic rings. The smallest absolute Gasteiger partial charge is 0.252 e. The van der Waals surface area contributed by atoms with Crippen molar-refractivity contribution < 1.29 is 9.90 Å². The molecule has 1 aliphatic rings. The summed E-state index contributed by atoms with van der Waals surface area (Å²) in [6, 6.07) is 1.81. The molecule has 2 unspecified atom stereocenters. The Morgan fingerprint density at radius 3 is 3.05 bits per heavy atom. The molecule has 2 aromatic heterocycles. The molecule has 2 atom stereocenters. The van der Waals surface area contributed by atoms with Gasteiger partial charge in [-0.1, -0.05) is 0 Å². The molecule has 0 radical (unpaired) electrons. The van der Waals surface area contributed by atoms with Crippen LogP contribution in [0.25, 0.3) is 0 Å². The molecular weight excluding hydrogens is 260 g/mol. The SMILES string of the molecule is Cc1ccnc(C2CC2C(=O)Nc2nncc(O)n2)n1. The van der Waals surface area contributed by atoms with Gasteiger partial charge >= 0.3 is 0 Å². The first kappa shape index (κ1) is 12.4. The van der Waals surface area contributed by atoms with E-state index in [0.717, 1.165) is 11.9 Å². The normalized spacial score (nSPS) is 20.4. The number of aromatic nitrogens is 5. The second kappa shape index (κ2) is 4.80. The molecule has 1 saturated carbocycles. The minimum absolute atomic E-state index is 0.00851. The van der Waals surface area contributed by atoms with Crippen molar-refractivity contribution in [3.05, 3.63) is 30.0 Å². The summed E-state index contributed by atoms with van der Waals surface area (Å²) in [6.07, 6.45) is 3.48. The zero-order valence-corrected chi connectivity index (χ0v) is 10.7. The molecule has 102 valence electrons. The number of hydrogen-bond donors (Lipinski definition) is 2. The zero-order valence-electron chi connectivity index (χ0n) is 10.7. The summed E-state index contributed by atoms with van der Waals surface area (Å²) < 4.78 is 0. The van der Waals surface area contributed by atoms with Crippen LogP contribution in [0.3, 0.4) is 0 Å². The highest BCUT2D eigenvalue weighted by atomic mass is 16.3. The summed E-state index contributed by atoms with van der Waals surface area (Å²) in [6.45, 7) is 1.88. The Morgan fingerprint density at radius 2 is 2.30 bits per heavy atom. The highest BCUT2D eigenvalue weighted by molar-refractivity contribution is 5.93. The Bertz CT molecular complexity index is 662. The van der Waals surface area contributed by atoms with Crippen molar-refractivity contribution in [2.45, 2.75) is 19.3 Å². The highest BCUT2D eigenvalue weighted by Crippen LogP contribution is 2.46. The van der Waals surface area contributed by atoms with Crippen LogP contribution in [0.5, 0.6) is 5.88 Å². The Labute approximate surface area is 114 Å².